The second kappa shape index (κ2) is 10.3. The Kier molecular flexibility index (Phi) is 7.12. The lowest BCUT2D eigenvalue weighted by Gasteiger charge is -2.39. The van der Waals surface area contributed by atoms with Crippen LogP contribution in [-0.4, -0.2) is 73.9 Å². The lowest BCUT2D eigenvalue weighted by atomic mass is 9.99. The minimum absolute atomic E-state index is 0.162. The van der Waals surface area contributed by atoms with E-state index in [9.17, 15) is 40.2 Å². The molecule has 6 N–H and O–H groups in total. The van der Waals surface area contributed by atoms with Crippen molar-refractivity contribution in [3.63, 3.8) is 0 Å². The van der Waals surface area contributed by atoms with E-state index in [1.54, 1.807) is 0 Å². The summed E-state index contributed by atoms with van der Waals surface area (Å²) in [5.41, 5.74) is -0.472. The highest BCUT2D eigenvalue weighted by molar-refractivity contribution is 5.87. The van der Waals surface area contributed by atoms with Gasteiger partial charge in [0.25, 0.3) is 0 Å². The van der Waals surface area contributed by atoms with Crippen LogP contribution in [0.1, 0.15) is 5.56 Å². The van der Waals surface area contributed by atoms with Gasteiger partial charge in [-0.15, -0.1) is 0 Å². The monoisotopic (exact) mass is 502 g/mol. The van der Waals surface area contributed by atoms with Crippen molar-refractivity contribution in [3.8, 4) is 23.0 Å². The molecule has 190 valence electrons. The molecule has 4 rings (SSSR count). The van der Waals surface area contributed by atoms with Crippen LogP contribution in [0, 0.1) is 0 Å². The predicted molar refractivity (Wildman–Crippen MR) is 121 cm³/mol. The number of hydrogen-bond donors (Lipinski definition) is 6. The molecule has 12 heteroatoms. The maximum Gasteiger partial charge on any atom is 0.336 e. The number of aliphatic hydroxyl groups is 3. The molecule has 0 amide bonds. The van der Waals surface area contributed by atoms with Gasteiger partial charge in [-0.3, -0.25) is 0 Å². The molecular weight excluding hydrogens is 480 g/mol. The summed E-state index contributed by atoms with van der Waals surface area (Å²) < 4.78 is 21.0. The summed E-state index contributed by atoms with van der Waals surface area (Å²) in [6.07, 6.45) is -5.71. The van der Waals surface area contributed by atoms with E-state index in [4.69, 9.17) is 18.6 Å². The van der Waals surface area contributed by atoms with Gasteiger partial charge in [0, 0.05) is 17.5 Å². The van der Waals surface area contributed by atoms with Crippen molar-refractivity contribution in [1.29, 1.82) is 0 Å². The second-order valence-corrected chi connectivity index (χ2v) is 7.93. The largest absolute Gasteiger partial charge is 0.504 e. The maximum absolute atomic E-state index is 12.1. The Labute approximate surface area is 202 Å². The van der Waals surface area contributed by atoms with Crippen LogP contribution in [0.3, 0.4) is 0 Å². The van der Waals surface area contributed by atoms with Crippen molar-refractivity contribution in [1.82, 2.24) is 0 Å². The first-order valence-electron chi connectivity index (χ1n) is 10.6. The highest BCUT2D eigenvalue weighted by atomic mass is 16.7. The van der Waals surface area contributed by atoms with Crippen LogP contribution in [0.5, 0.6) is 23.0 Å². The molecule has 36 heavy (non-hydrogen) atoms. The Morgan fingerprint density at radius 2 is 1.69 bits per heavy atom. The molecule has 1 aromatic heterocycles. The predicted octanol–water partition coefficient (Wildman–Crippen LogP) is 0.353. The molecule has 1 fully saturated rings. The highest BCUT2D eigenvalue weighted by Crippen LogP contribution is 2.36. The van der Waals surface area contributed by atoms with E-state index in [-0.39, 0.29) is 22.8 Å². The lowest BCUT2D eigenvalue weighted by molar-refractivity contribution is -0.278. The van der Waals surface area contributed by atoms with Crippen molar-refractivity contribution in [2.75, 3.05) is 6.61 Å². The molecule has 0 unspecified atom stereocenters. The molecule has 3 aromatic rings. The lowest BCUT2D eigenvalue weighted by Crippen LogP contribution is -2.60. The molecule has 0 aliphatic carbocycles. The van der Waals surface area contributed by atoms with Gasteiger partial charge in [-0.25, -0.2) is 9.59 Å². The smallest absolute Gasteiger partial charge is 0.336 e. The first-order valence-corrected chi connectivity index (χ1v) is 10.6. The van der Waals surface area contributed by atoms with Crippen molar-refractivity contribution in [2.24, 2.45) is 0 Å². The summed E-state index contributed by atoms with van der Waals surface area (Å²) in [5.74, 6) is -2.33. The Bertz CT molecular complexity index is 1350. The van der Waals surface area contributed by atoms with Crippen LogP contribution in [0.15, 0.2) is 57.8 Å². The van der Waals surface area contributed by atoms with E-state index in [2.05, 4.69) is 0 Å². The Balaban J connectivity index is 1.43. The number of carbonyl (C=O) groups is 1. The Morgan fingerprint density at radius 3 is 2.44 bits per heavy atom. The molecule has 0 saturated carbocycles. The van der Waals surface area contributed by atoms with Crippen LogP contribution >= 0.6 is 0 Å². The molecule has 0 bridgehead atoms. The van der Waals surface area contributed by atoms with Gasteiger partial charge in [-0.05, 0) is 42.0 Å². The summed E-state index contributed by atoms with van der Waals surface area (Å²) >= 11 is 0. The zero-order valence-electron chi connectivity index (χ0n) is 18.4. The first kappa shape index (κ1) is 25.0. The minimum Gasteiger partial charge on any atom is -0.504 e. The Hall–Kier alpha value is -4.10. The third-order valence-corrected chi connectivity index (χ3v) is 5.44. The van der Waals surface area contributed by atoms with Crippen LogP contribution in [0.2, 0.25) is 0 Å². The van der Waals surface area contributed by atoms with E-state index in [1.165, 1.54) is 48.5 Å². The number of aromatic hydroxyl groups is 3. The number of esters is 1. The van der Waals surface area contributed by atoms with Crippen LogP contribution in [0.4, 0.5) is 0 Å². The summed E-state index contributed by atoms with van der Waals surface area (Å²) in [6.45, 7) is -0.534. The van der Waals surface area contributed by atoms with E-state index in [0.717, 1.165) is 6.08 Å². The summed E-state index contributed by atoms with van der Waals surface area (Å²) in [7, 11) is 0. The Morgan fingerprint density at radius 1 is 0.944 bits per heavy atom. The fraction of sp³-hybridized carbons (Fsp3) is 0.250. The van der Waals surface area contributed by atoms with Crippen LogP contribution in [-0.2, 0) is 14.3 Å². The molecule has 1 saturated heterocycles. The standard InChI is InChI=1S/C24H22O12/c25-13-5-1-11(9-14(13)26)2-7-17(27)33-10-16-19(29)21(31)22(32)24(35-16)34-15-6-3-12-4-8-18(28)36-23(12)20(15)30/h1-9,16,19,21-22,24-26,29-32H,10H2/t16-,19-,21+,22-,24-/m1/s1. The van der Waals surface area contributed by atoms with Crippen molar-refractivity contribution >= 4 is 23.0 Å². The molecule has 1 aliphatic rings. The van der Waals surface area contributed by atoms with E-state index in [0.29, 0.717) is 10.9 Å². The normalized spacial score (nSPS) is 24.1. The number of phenols is 3. The van der Waals surface area contributed by atoms with E-state index in [1.807, 2.05) is 0 Å². The molecule has 2 heterocycles. The number of phenolic OH excluding ortho intramolecular Hbond substituents is 3. The van der Waals surface area contributed by atoms with Gasteiger partial charge in [0.05, 0.1) is 0 Å². The minimum atomic E-state index is -1.75. The number of fused-ring (bicyclic) bond motifs is 1. The van der Waals surface area contributed by atoms with Gasteiger partial charge in [0.1, 0.15) is 31.0 Å². The summed E-state index contributed by atoms with van der Waals surface area (Å²) in [5, 5.41) is 60.4. The molecule has 5 atom stereocenters. The van der Waals surface area contributed by atoms with Gasteiger partial charge in [-0.1, -0.05) is 6.07 Å². The average Bonchev–Trinajstić information content (AvgIpc) is 2.86. The molecule has 1 aliphatic heterocycles. The molecular formula is C24H22O12. The number of ether oxygens (including phenoxy) is 3. The van der Waals surface area contributed by atoms with Crippen molar-refractivity contribution in [2.45, 2.75) is 30.7 Å². The molecule has 0 spiro atoms. The fourth-order valence-corrected chi connectivity index (χ4v) is 3.49. The maximum atomic E-state index is 12.1. The number of hydrogen-bond acceptors (Lipinski definition) is 12. The second-order valence-electron chi connectivity index (χ2n) is 7.93. The van der Waals surface area contributed by atoms with Gasteiger partial charge in [0.15, 0.2) is 22.8 Å². The number of carbonyl (C=O) groups excluding carboxylic acids is 1. The van der Waals surface area contributed by atoms with Crippen molar-refractivity contribution < 1.29 is 54.1 Å². The average molecular weight is 502 g/mol. The van der Waals surface area contributed by atoms with Crippen LogP contribution < -0.4 is 10.4 Å². The summed E-state index contributed by atoms with van der Waals surface area (Å²) in [4.78, 5) is 23.5. The number of benzene rings is 2. The van der Waals surface area contributed by atoms with Gasteiger partial charge >= 0.3 is 11.6 Å². The summed E-state index contributed by atoms with van der Waals surface area (Å²) in [6, 6.07) is 9.31. The van der Waals surface area contributed by atoms with Crippen molar-refractivity contribution in [3.05, 3.63) is 64.5 Å². The highest BCUT2D eigenvalue weighted by Gasteiger charge is 2.45. The third kappa shape index (κ3) is 5.26. The number of aliphatic hydroxyl groups excluding tert-OH is 3. The van der Waals surface area contributed by atoms with E-state index >= 15 is 0 Å². The topological polar surface area (TPSA) is 196 Å². The number of rotatable bonds is 6. The zero-order valence-corrected chi connectivity index (χ0v) is 18.4. The molecule has 0 radical (unpaired) electrons. The first-order chi connectivity index (χ1) is 17.1. The van der Waals surface area contributed by atoms with Gasteiger partial charge in [-0.2, -0.15) is 0 Å². The van der Waals surface area contributed by atoms with E-state index < -0.39 is 54.7 Å². The molecule has 2 aromatic carbocycles. The van der Waals surface area contributed by atoms with Crippen LogP contribution in [0.25, 0.3) is 17.0 Å². The SMILES string of the molecule is O=C(C=Cc1ccc(O)c(O)c1)OC[C@H]1O[C@@H](Oc2ccc3ccc(=O)oc3c2O)[C@H](O)[C@@H](O)[C@@H]1O. The third-order valence-electron chi connectivity index (χ3n) is 5.44. The zero-order chi connectivity index (χ0) is 26.0. The fourth-order valence-electron chi connectivity index (χ4n) is 3.49. The quantitative estimate of drug-likeness (QED) is 0.117. The molecule has 12 nitrogen and oxygen atoms in total. The van der Waals surface area contributed by atoms with Gasteiger partial charge < -0.3 is 49.3 Å². The van der Waals surface area contributed by atoms with Gasteiger partial charge in [0.2, 0.25) is 12.0 Å².